The molecule has 3 aromatic rings. The number of aromatic nitrogens is 3. The molecule has 0 aliphatic carbocycles. The first-order chi connectivity index (χ1) is 11.7. The maximum absolute atomic E-state index is 12.1. The van der Waals surface area contributed by atoms with Gasteiger partial charge >= 0.3 is 0 Å². The van der Waals surface area contributed by atoms with Crippen molar-refractivity contribution in [3.63, 3.8) is 0 Å². The van der Waals surface area contributed by atoms with E-state index in [4.69, 9.17) is 16.3 Å². The Morgan fingerprint density at radius 2 is 2.17 bits per heavy atom. The Morgan fingerprint density at radius 3 is 3.00 bits per heavy atom. The second-order valence-corrected chi connectivity index (χ2v) is 5.73. The van der Waals surface area contributed by atoms with Crippen molar-refractivity contribution in [2.24, 2.45) is 0 Å². The number of halogens is 1. The Morgan fingerprint density at radius 1 is 1.29 bits per heavy atom. The van der Waals surface area contributed by atoms with E-state index in [1.165, 1.54) is 0 Å². The van der Waals surface area contributed by atoms with E-state index in [2.05, 4.69) is 15.5 Å². The summed E-state index contributed by atoms with van der Waals surface area (Å²) in [6, 6.07) is 10.9. The lowest BCUT2D eigenvalue weighted by atomic mass is 10.2. The lowest BCUT2D eigenvalue weighted by Crippen LogP contribution is -2.12. The van der Waals surface area contributed by atoms with Crippen LogP contribution in [0, 0.1) is 0 Å². The smallest absolute Gasteiger partial charge is 0.224 e. The zero-order valence-corrected chi connectivity index (χ0v) is 14.0. The monoisotopic (exact) mass is 344 g/mol. The van der Waals surface area contributed by atoms with Crippen molar-refractivity contribution in [2.45, 2.75) is 19.3 Å². The minimum atomic E-state index is -0.0932. The Bertz CT molecular complexity index is 863. The molecular formula is C17H17ClN4O2. The predicted molar refractivity (Wildman–Crippen MR) is 92.6 cm³/mol. The molecular weight excluding hydrogens is 328 g/mol. The lowest BCUT2D eigenvalue weighted by Gasteiger charge is -2.10. The second-order valence-electron chi connectivity index (χ2n) is 5.29. The van der Waals surface area contributed by atoms with Crippen molar-refractivity contribution in [1.29, 1.82) is 0 Å². The molecule has 7 heteroatoms. The summed E-state index contributed by atoms with van der Waals surface area (Å²) >= 11 is 5.96. The first-order valence-electron chi connectivity index (χ1n) is 7.59. The summed E-state index contributed by atoms with van der Waals surface area (Å²) in [5.74, 6) is 1.33. The van der Waals surface area contributed by atoms with Gasteiger partial charge in [-0.2, -0.15) is 0 Å². The van der Waals surface area contributed by atoms with Crippen LogP contribution in [-0.4, -0.2) is 27.6 Å². The van der Waals surface area contributed by atoms with E-state index in [9.17, 15) is 4.79 Å². The van der Waals surface area contributed by atoms with E-state index in [0.29, 0.717) is 35.7 Å². The highest BCUT2D eigenvalue weighted by Crippen LogP contribution is 2.27. The molecule has 0 spiro atoms. The number of amides is 1. The summed E-state index contributed by atoms with van der Waals surface area (Å²) in [6.07, 6.45) is 3.63. The van der Waals surface area contributed by atoms with Crippen molar-refractivity contribution in [1.82, 2.24) is 14.6 Å². The number of nitrogens with zero attached hydrogens (tertiary/aromatic N) is 3. The van der Waals surface area contributed by atoms with E-state index in [-0.39, 0.29) is 5.91 Å². The molecule has 0 fully saturated rings. The molecule has 1 amide bonds. The van der Waals surface area contributed by atoms with Gasteiger partial charge in [-0.05, 0) is 36.8 Å². The summed E-state index contributed by atoms with van der Waals surface area (Å²) in [4.78, 5) is 12.1. The summed E-state index contributed by atoms with van der Waals surface area (Å²) in [6.45, 7) is 0. The molecule has 0 saturated heterocycles. The SMILES string of the molecule is COc1ccc(Cl)cc1NC(=O)CCCc1nnc2ccccn12. The maximum atomic E-state index is 12.1. The van der Waals surface area contributed by atoms with E-state index in [1.54, 1.807) is 25.3 Å². The molecule has 0 unspecified atom stereocenters. The van der Waals surface area contributed by atoms with Crippen LogP contribution in [0.2, 0.25) is 5.02 Å². The highest BCUT2D eigenvalue weighted by Gasteiger charge is 2.10. The molecule has 2 heterocycles. The molecule has 124 valence electrons. The van der Waals surface area contributed by atoms with Crippen molar-refractivity contribution >= 4 is 28.8 Å². The number of pyridine rings is 1. The number of anilines is 1. The summed E-state index contributed by atoms with van der Waals surface area (Å²) in [5, 5.41) is 11.6. The second kappa shape index (κ2) is 7.31. The summed E-state index contributed by atoms with van der Waals surface area (Å²) < 4.78 is 7.15. The van der Waals surface area contributed by atoms with Crippen LogP contribution in [0.1, 0.15) is 18.7 Å². The molecule has 0 atom stereocenters. The van der Waals surface area contributed by atoms with Gasteiger partial charge in [-0.25, -0.2) is 0 Å². The predicted octanol–water partition coefficient (Wildman–Crippen LogP) is 3.35. The number of rotatable bonds is 6. The molecule has 1 N–H and O–H groups in total. The van der Waals surface area contributed by atoms with Gasteiger partial charge in [0.15, 0.2) is 5.65 Å². The Kier molecular flexibility index (Phi) is 4.96. The number of ether oxygens (including phenoxy) is 1. The Balaban J connectivity index is 1.57. The van der Waals surface area contributed by atoms with E-state index >= 15 is 0 Å². The van der Waals surface area contributed by atoms with Crippen LogP contribution in [-0.2, 0) is 11.2 Å². The minimum absolute atomic E-state index is 0.0932. The number of carbonyl (C=O) groups is 1. The maximum Gasteiger partial charge on any atom is 0.224 e. The average Bonchev–Trinajstić information content (AvgIpc) is 2.98. The third kappa shape index (κ3) is 3.65. The number of carbonyl (C=O) groups excluding carboxylic acids is 1. The van der Waals surface area contributed by atoms with E-state index < -0.39 is 0 Å². The Labute approximate surface area is 144 Å². The molecule has 0 aliphatic heterocycles. The van der Waals surface area contributed by atoms with Crippen LogP contribution in [0.15, 0.2) is 42.6 Å². The van der Waals surface area contributed by atoms with Gasteiger partial charge in [-0.1, -0.05) is 17.7 Å². The van der Waals surface area contributed by atoms with Crippen LogP contribution in [0.4, 0.5) is 5.69 Å². The highest BCUT2D eigenvalue weighted by molar-refractivity contribution is 6.31. The van der Waals surface area contributed by atoms with Crippen LogP contribution in [0.5, 0.6) is 5.75 Å². The molecule has 0 saturated carbocycles. The van der Waals surface area contributed by atoms with Gasteiger partial charge in [-0.15, -0.1) is 10.2 Å². The fourth-order valence-corrected chi connectivity index (χ4v) is 2.63. The fourth-order valence-electron chi connectivity index (χ4n) is 2.46. The quantitative estimate of drug-likeness (QED) is 0.744. The van der Waals surface area contributed by atoms with Crippen molar-refractivity contribution in [2.75, 3.05) is 12.4 Å². The zero-order valence-electron chi connectivity index (χ0n) is 13.2. The molecule has 0 aliphatic rings. The first-order valence-corrected chi connectivity index (χ1v) is 7.97. The highest BCUT2D eigenvalue weighted by atomic mass is 35.5. The van der Waals surface area contributed by atoms with E-state index in [0.717, 1.165) is 11.5 Å². The van der Waals surface area contributed by atoms with Crippen molar-refractivity contribution < 1.29 is 9.53 Å². The van der Waals surface area contributed by atoms with Crippen molar-refractivity contribution in [3.8, 4) is 5.75 Å². The van der Waals surface area contributed by atoms with Gasteiger partial charge in [0, 0.05) is 24.1 Å². The molecule has 3 rings (SSSR count). The van der Waals surface area contributed by atoms with Gasteiger partial charge in [0.1, 0.15) is 11.6 Å². The third-order valence-corrected chi connectivity index (χ3v) is 3.86. The molecule has 1 aromatic carbocycles. The number of fused-ring (bicyclic) bond motifs is 1. The van der Waals surface area contributed by atoms with Crippen LogP contribution >= 0.6 is 11.6 Å². The largest absolute Gasteiger partial charge is 0.495 e. The zero-order chi connectivity index (χ0) is 16.9. The number of hydrogen-bond donors (Lipinski definition) is 1. The van der Waals surface area contributed by atoms with Crippen LogP contribution in [0.25, 0.3) is 5.65 Å². The van der Waals surface area contributed by atoms with Gasteiger partial charge in [0.05, 0.1) is 12.8 Å². The number of benzene rings is 1. The molecule has 6 nitrogen and oxygen atoms in total. The number of aryl methyl sites for hydroxylation is 1. The van der Waals surface area contributed by atoms with Crippen LogP contribution < -0.4 is 10.1 Å². The molecule has 24 heavy (non-hydrogen) atoms. The summed E-state index contributed by atoms with van der Waals surface area (Å²) in [5.41, 5.74) is 1.38. The Hall–Kier alpha value is -2.60. The van der Waals surface area contributed by atoms with E-state index in [1.807, 2.05) is 28.8 Å². The molecule has 0 bridgehead atoms. The normalized spacial score (nSPS) is 10.8. The molecule has 2 aromatic heterocycles. The third-order valence-electron chi connectivity index (χ3n) is 3.62. The standard InChI is InChI=1S/C17H17ClN4O2/c1-24-14-9-8-12(18)11-13(14)19-17(23)7-4-6-16-21-20-15-5-2-3-10-22(15)16/h2-3,5,8-11H,4,6-7H2,1H3,(H,19,23). The number of nitrogens with one attached hydrogen (secondary N) is 1. The van der Waals surface area contributed by atoms with Gasteiger partial charge in [0.25, 0.3) is 0 Å². The number of methoxy groups -OCH3 is 1. The minimum Gasteiger partial charge on any atom is -0.495 e. The lowest BCUT2D eigenvalue weighted by molar-refractivity contribution is -0.116. The summed E-state index contributed by atoms with van der Waals surface area (Å²) in [7, 11) is 1.55. The average molecular weight is 345 g/mol. The van der Waals surface area contributed by atoms with Crippen LogP contribution in [0.3, 0.4) is 0 Å². The van der Waals surface area contributed by atoms with Gasteiger partial charge < -0.3 is 10.1 Å². The van der Waals surface area contributed by atoms with Gasteiger partial charge in [-0.3, -0.25) is 9.20 Å². The van der Waals surface area contributed by atoms with Gasteiger partial charge in [0.2, 0.25) is 5.91 Å². The fraction of sp³-hybridized carbons (Fsp3) is 0.235. The topological polar surface area (TPSA) is 68.5 Å². The van der Waals surface area contributed by atoms with Crippen molar-refractivity contribution in [3.05, 3.63) is 53.4 Å². The first kappa shape index (κ1) is 16.3. The number of hydrogen-bond acceptors (Lipinski definition) is 4. The molecule has 0 radical (unpaired) electrons.